The van der Waals surface area contributed by atoms with Gasteiger partial charge in [-0.2, -0.15) is 0 Å². The minimum atomic E-state index is -0.302. The average Bonchev–Trinajstić information content (AvgIpc) is 2.94. The van der Waals surface area contributed by atoms with Crippen molar-refractivity contribution in [3.63, 3.8) is 0 Å². The van der Waals surface area contributed by atoms with E-state index in [1.165, 1.54) is 12.1 Å². The number of rotatable bonds is 6. The van der Waals surface area contributed by atoms with Crippen LogP contribution in [0, 0.1) is 5.82 Å². The second kappa shape index (κ2) is 7.36. The van der Waals surface area contributed by atoms with Gasteiger partial charge in [-0.3, -0.25) is 4.79 Å². The zero-order valence-electron chi connectivity index (χ0n) is 11.5. The molecule has 1 aromatic rings. The summed E-state index contributed by atoms with van der Waals surface area (Å²) in [5.74, 6) is -0.331. The molecular formula is C15H21FN2O2. The third kappa shape index (κ3) is 4.28. The summed E-state index contributed by atoms with van der Waals surface area (Å²) < 4.78 is 12.8. The second-order valence-corrected chi connectivity index (χ2v) is 5.16. The lowest BCUT2D eigenvalue weighted by atomic mass is 10.1. The highest BCUT2D eigenvalue weighted by molar-refractivity contribution is 5.78. The second-order valence-electron chi connectivity index (χ2n) is 5.16. The van der Waals surface area contributed by atoms with Gasteiger partial charge in [0.15, 0.2) is 0 Å². The molecule has 0 aromatic heterocycles. The number of carbonyl (C=O) groups excluding carboxylic acids is 1. The Balaban J connectivity index is 1.93. The number of hydrogen-bond acceptors (Lipinski definition) is 3. The van der Waals surface area contributed by atoms with Crippen LogP contribution in [0.3, 0.4) is 0 Å². The first-order chi connectivity index (χ1) is 9.69. The maximum atomic E-state index is 12.8. The number of aliphatic hydroxyl groups is 1. The smallest absolute Gasteiger partial charge is 0.227 e. The first-order valence-electron chi connectivity index (χ1n) is 7.05. The molecule has 1 heterocycles. The summed E-state index contributed by atoms with van der Waals surface area (Å²) in [6.45, 7) is 1.92. The van der Waals surface area contributed by atoms with E-state index in [9.17, 15) is 9.18 Å². The van der Waals surface area contributed by atoms with Crippen LogP contribution in [0.4, 0.5) is 4.39 Å². The SMILES string of the molecule is O=C(Cc1ccc(F)cc1)N(CCO)CC1CCCN1. The number of nitrogens with one attached hydrogen (secondary N) is 1. The molecule has 4 nitrogen and oxygen atoms in total. The van der Waals surface area contributed by atoms with Crippen LogP contribution in [-0.2, 0) is 11.2 Å². The molecule has 20 heavy (non-hydrogen) atoms. The van der Waals surface area contributed by atoms with E-state index in [0.717, 1.165) is 24.9 Å². The van der Waals surface area contributed by atoms with Gasteiger partial charge in [-0.05, 0) is 37.1 Å². The van der Waals surface area contributed by atoms with Gasteiger partial charge >= 0.3 is 0 Å². The molecule has 1 atom stereocenters. The Hall–Kier alpha value is -1.46. The van der Waals surface area contributed by atoms with Gasteiger partial charge in [0, 0.05) is 19.1 Å². The van der Waals surface area contributed by atoms with E-state index < -0.39 is 0 Å². The molecule has 0 aliphatic carbocycles. The lowest BCUT2D eigenvalue weighted by Crippen LogP contribution is -2.43. The number of hydrogen-bond donors (Lipinski definition) is 2. The average molecular weight is 280 g/mol. The minimum Gasteiger partial charge on any atom is -0.395 e. The van der Waals surface area contributed by atoms with E-state index in [1.807, 2.05) is 0 Å². The van der Waals surface area contributed by atoms with Gasteiger partial charge in [0.05, 0.1) is 13.0 Å². The molecule has 1 aromatic carbocycles. The van der Waals surface area contributed by atoms with Crippen LogP contribution in [-0.4, -0.2) is 48.2 Å². The summed E-state index contributed by atoms with van der Waals surface area (Å²) >= 11 is 0. The van der Waals surface area contributed by atoms with E-state index in [-0.39, 0.29) is 24.8 Å². The van der Waals surface area contributed by atoms with Crippen molar-refractivity contribution in [2.45, 2.75) is 25.3 Å². The van der Waals surface area contributed by atoms with E-state index >= 15 is 0 Å². The molecule has 2 N–H and O–H groups in total. The monoisotopic (exact) mass is 280 g/mol. The predicted octanol–water partition coefficient (Wildman–Crippen LogP) is 0.941. The van der Waals surface area contributed by atoms with Gasteiger partial charge in [-0.25, -0.2) is 4.39 Å². The van der Waals surface area contributed by atoms with Gasteiger partial charge in [0.2, 0.25) is 5.91 Å². The Kier molecular flexibility index (Phi) is 5.49. The molecule has 0 bridgehead atoms. The van der Waals surface area contributed by atoms with Crippen LogP contribution in [0.2, 0.25) is 0 Å². The number of amides is 1. The zero-order valence-corrected chi connectivity index (χ0v) is 11.5. The quantitative estimate of drug-likeness (QED) is 0.815. The van der Waals surface area contributed by atoms with E-state index in [4.69, 9.17) is 5.11 Å². The van der Waals surface area contributed by atoms with Crippen LogP contribution >= 0.6 is 0 Å². The highest BCUT2D eigenvalue weighted by Gasteiger charge is 2.21. The first kappa shape index (κ1) is 14.9. The zero-order chi connectivity index (χ0) is 14.4. The predicted molar refractivity (Wildman–Crippen MR) is 74.8 cm³/mol. The molecule has 2 rings (SSSR count). The summed E-state index contributed by atoms with van der Waals surface area (Å²) in [6, 6.07) is 6.28. The molecule has 5 heteroatoms. The van der Waals surface area contributed by atoms with Gasteiger partial charge in [0.25, 0.3) is 0 Å². The highest BCUT2D eigenvalue weighted by atomic mass is 19.1. The summed E-state index contributed by atoms with van der Waals surface area (Å²) in [6.07, 6.45) is 2.43. The standard InChI is InChI=1S/C15H21FN2O2/c16-13-5-3-12(4-6-13)10-15(20)18(8-9-19)11-14-2-1-7-17-14/h3-6,14,17,19H,1-2,7-11H2. The summed E-state index contributed by atoms with van der Waals surface area (Å²) in [5.41, 5.74) is 0.790. The van der Waals surface area contributed by atoms with E-state index in [2.05, 4.69) is 5.32 Å². The molecule has 1 saturated heterocycles. The van der Waals surface area contributed by atoms with Crippen molar-refractivity contribution >= 4 is 5.91 Å². The number of halogens is 1. The lowest BCUT2D eigenvalue weighted by Gasteiger charge is -2.25. The highest BCUT2D eigenvalue weighted by Crippen LogP contribution is 2.10. The van der Waals surface area contributed by atoms with Crippen molar-refractivity contribution in [3.05, 3.63) is 35.6 Å². The fourth-order valence-corrected chi connectivity index (χ4v) is 2.51. The maximum absolute atomic E-state index is 12.8. The Morgan fingerprint density at radius 2 is 2.15 bits per heavy atom. The first-order valence-corrected chi connectivity index (χ1v) is 7.05. The van der Waals surface area contributed by atoms with Crippen LogP contribution in [0.15, 0.2) is 24.3 Å². The van der Waals surface area contributed by atoms with Crippen molar-refractivity contribution < 1.29 is 14.3 Å². The molecule has 1 aliphatic rings. The fourth-order valence-electron chi connectivity index (χ4n) is 2.51. The third-order valence-corrected chi connectivity index (χ3v) is 3.59. The largest absolute Gasteiger partial charge is 0.395 e. The molecule has 0 radical (unpaired) electrons. The third-order valence-electron chi connectivity index (χ3n) is 3.59. The van der Waals surface area contributed by atoms with Gasteiger partial charge in [-0.15, -0.1) is 0 Å². The number of benzene rings is 1. The number of aliphatic hydroxyl groups excluding tert-OH is 1. The minimum absolute atomic E-state index is 0.0284. The van der Waals surface area contributed by atoms with Crippen molar-refractivity contribution in [2.24, 2.45) is 0 Å². The van der Waals surface area contributed by atoms with Gasteiger partial charge in [-0.1, -0.05) is 12.1 Å². The molecule has 1 unspecified atom stereocenters. The van der Waals surface area contributed by atoms with Crippen LogP contribution < -0.4 is 5.32 Å². The summed E-state index contributed by atoms with van der Waals surface area (Å²) in [5, 5.41) is 12.4. The molecular weight excluding hydrogens is 259 g/mol. The van der Waals surface area contributed by atoms with Gasteiger partial charge < -0.3 is 15.3 Å². The normalized spacial score (nSPS) is 18.2. The van der Waals surface area contributed by atoms with Crippen LogP contribution in [0.25, 0.3) is 0 Å². The molecule has 1 fully saturated rings. The molecule has 1 aliphatic heterocycles. The fraction of sp³-hybridized carbons (Fsp3) is 0.533. The lowest BCUT2D eigenvalue weighted by molar-refractivity contribution is -0.131. The van der Waals surface area contributed by atoms with Crippen molar-refractivity contribution in [2.75, 3.05) is 26.2 Å². The summed E-state index contributed by atoms with van der Waals surface area (Å²) in [4.78, 5) is 14.0. The topological polar surface area (TPSA) is 52.6 Å². The van der Waals surface area contributed by atoms with Crippen molar-refractivity contribution in [1.29, 1.82) is 0 Å². The molecule has 1 amide bonds. The molecule has 0 spiro atoms. The number of carbonyl (C=O) groups is 1. The summed E-state index contributed by atoms with van der Waals surface area (Å²) in [7, 11) is 0. The van der Waals surface area contributed by atoms with Crippen LogP contribution in [0.1, 0.15) is 18.4 Å². The van der Waals surface area contributed by atoms with Crippen molar-refractivity contribution in [1.82, 2.24) is 10.2 Å². The Morgan fingerprint density at radius 3 is 2.75 bits per heavy atom. The Bertz CT molecular complexity index is 430. The number of nitrogens with zero attached hydrogens (tertiary/aromatic N) is 1. The van der Waals surface area contributed by atoms with Crippen molar-refractivity contribution in [3.8, 4) is 0 Å². The molecule has 110 valence electrons. The molecule has 0 saturated carbocycles. The van der Waals surface area contributed by atoms with Crippen LogP contribution in [0.5, 0.6) is 0 Å². The van der Waals surface area contributed by atoms with E-state index in [1.54, 1.807) is 17.0 Å². The Labute approximate surface area is 118 Å². The Morgan fingerprint density at radius 1 is 1.40 bits per heavy atom. The maximum Gasteiger partial charge on any atom is 0.227 e. The van der Waals surface area contributed by atoms with E-state index in [0.29, 0.717) is 19.1 Å². The van der Waals surface area contributed by atoms with Gasteiger partial charge in [0.1, 0.15) is 5.82 Å².